The molecule has 0 fully saturated rings. The number of halogens is 1. The molecule has 0 amide bonds. The SMILES string of the molecule is CC(C)(C)C(O)Nc1noc(-c2ccc(OC/C(=C/F)CN)cc2)n1. The van der Waals surface area contributed by atoms with Gasteiger partial charge in [0.25, 0.3) is 11.8 Å². The first-order valence-corrected chi connectivity index (χ1v) is 7.83. The van der Waals surface area contributed by atoms with Crippen molar-refractivity contribution in [3.63, 3.8) is 0 Å². The molecule has 25 heavy (non-hydrogen) atoms. The first-order valence-electron chi connectivity index (χ1n) is 7.83. The third-order valence-corrected chi connectivity index (χ3v) is 3.45. The van der Waals surface area contributed by atoms with Gasteiger partial charge in [-0.2, -0.15) is 4.98 Å². The fourth-order valence-electron chi connectivity index (χ4n) is 1.74. The zero-order chi connectivity index (χ0) is 18.4. The molecule has 7 nitrogen and oxygen atoms in total. The van der Waals surface area contributed by atoms with Crippen LogP contribution < -0.4 is 15.8 Å². The maximum absolute atomic E-state index is 12.4. The molecule has 8 heteroatoms. The number of aliphatic hydroxyl groups is 1. The maximum Gasteiger partial charge on any atom is 0.265 e. The van der Waals surface area contributed by atoms with Gasteiger partial charge in [-0.05, 0) is 29.4 Å². The van der Waals surface area contributed by atoms with E-state index in [9.17, 15) is 9.50 Å². The van der Waals surface area contributed by atoms with E-state index < -0.39 is 6.23 Å². The van der Waals surface area contributed by atoms with E-state index in [-0.39, 0.29) is 24.5 Å². The molecular formula is C17H23FN4O3. The summed E-state index contributed by atoms with van der Waals surface area (Å²) >= 11 is 0. The van der Waals surface area contributed by atoms with Crippen LogP contribution in [0.1, 0.15) is 20.8 Å². The van der Waals surface area contributed by atoms with Crippen molar-refractivity contribution in [2.24, 2.45) is 11.1 Å². The number of ether oxygens (including phenoxy) is 1. The van der Waals surface area contributed by atoms with Gasteiger partial charge in [0.1, 0.15) is 18.6 Å². The van der Waals surface area contributed by atoms with Crippen molar-refractivity contribution in [3.8, 4) is 17.2 Å². The minimum Gasteiger partial charge on any atom is -0.489 e. The lowest BCUT2D eigenvalue weighted by atomic mass is 9.94. The highest BCUT2D eigenvalue weighted by Crippen LogP contribution is 2.24. The van der Waals surface area contributed by atoms with Gasteiger partial charge in [0.15, 0.2) is 0 Å². The molecule has 1 unspecified atom stereocenters. The number of anilines is 1. The normalized spacial score (nSPS) is 13.6. The van der Waals surface area contributed by atoms with Crippen LogP contribution in [0.2, 0.25) is 0 Å². The van der Waals surface area contributed by atoms with Crippen molar-refractivity contribution in [1.82, 2.24) is 10.1 Å². The minimum atomic E-state index is -0.811. The van der Waals surface area contributed by atoms with Gasteiger partial charge in [-0.15, -0.1) is 0 Å². The van der Waals surface area contributed by atoms with Crippen LogP contribution in [-0.4, -0.2) is 34.6 Å². The van der Waals surface area contributed by atoms with Crippen molar-refractivity contribution >= 4 is 5.95 Å². The molecule has 1 atom stereocenters. The van der Waals surface area contributed by atoms with Crippen LogP contribution in [-0.2, 0) is 0 Å². The highest BCUT2D eigenvalue weighted by atomic mass is 19.1. The molecule has 0 aliphatic heterocycles. The van der Waals surface area contributed by atoms with Gasteiger partial charge in [0, 0.05) is 23.1 Å². The largest absolute Gasteiger partial charge is 0.489 e. The van der Waals surface area contributed by atoms with Gasteiger partial charge >= 0.3 is 0 Å². The lowest BCUT2D eigenvalue weighted by Crippen LogP contribution is -2.33. The van der Waals surface area contributed by atoms with Gasteiger partial charge in [-0.1, -0.05) is 20.8 Å². The second-order valence-corrected chi connectivity index (χ2v) is 6.62. The molecular weight excluding hydrogens is 327 g/mol. The van der Waals surface area contributed by atoms with E-state index in [4.69, 9.17) is 15.0 Å². The third-order valence-electron chi connectivity index (χ3n) is 3.45. The lowest BCUT2D eigenvalue weighted by Gasteiger charge is -2.25. The Hall–Kier alpha value is -2.45. The van der Waals surface area contributed by atoms with Crippen molar-refractivity contribution in [2.45, 2.75) is 27.0 Å². The monoisotopic (exact) mass is 350 g/mol. The Labute approximate surface area is 145 Å². The molecule has 0 aliphatic carbocycles. The quantitative estimate of drug-likeness (QED) is 0.659. The van der Waals surface area contributed by atoms with Gasteiger partial charge in [-0.25, -0.2) is 4.39 Å². The minimum absolute atomic E-state index is 0.0890. The molecule has 0 bridgehead atoms. The van der Waals surface area contributed by atoms with Crippen molar-refractivity contribution in [2.75, 3.05) is 18.5 Å². The Kier molecular flexibility index (Phi) is 6.11. The Morgan fingerprint density at radius 1 is 1.40 bits per heavy atom. The Morgan fingerprint density at radius 3 is 2.64 bits per heavy atom. The average Bonchev–Trinajstić information content (AvgIpc) is 3.04. The van der Waals surface area contributed by atoms with Gasteiger partial charge in [-0.3, -0.25) is 0 Å². The lowest BCUT2D eigenvalue weighted by molar-refractivity contribution is 0.0870. The fourth-order valence-corrected chi connectivity index (χ4v) is 1.74. The predicted molar refractivity (Wildman–Crippen MR) is 92.6 cm³/mol. The predicted octanol–water partition coefficient (Wildman–Crippen LogP) is 2.70. The molecule has 1 heterocycles. The molecule has 2 aromatic rings. The standard InChI is InChI=1S/C17H23FN4O3/c1-17(2,3)15(23)21-16-20-14(25-22-16)12-4-6-13(7-5-12)24-10-11(8-18)9-19/h4-8,15,23H,9-10,19H2,1-3H3,(H,21,22)/b11-8+. The first-order chi connectivity index (χ1) is 11.8. The Morgan fingerprint density at radius 2 is 2.08 bits per heavy atom. The van der Waals surface area contributed by atoms with E-state index >= 15 is 0 Å². The smallest absolute Gasteiger partial charge is 0.265 e. The molecule has 1 aromatic carbocycles. The number of rotatable bonds is 7. The maximum atomic E-state index is 12.4. The summed E-state index contributed by atoms with van der Waals surface area (Å²) in [6, 6.07) is 6.91. The second-order valence-electron chi connectivity index (χ2n) is 6.62. The van der Waals surface area contributed by atoms with Crippen LogP contribution >= 0.6 is 0 Å². The number of aliphatic hydroxyl groups excluding tert-OH is 1. The number of nitrogens with one attached hydrogen (secondary N) is 1. The van der Waals surface area contributed by atoms with E-state index in [1.807, 2.05) is 20.8 Å². The number of nitrogens with zero attached hydrogens (tertiary/aromatic N) is 2. The average molecular weight is 350 g/mol. The summed E-state index contributed by atoms with van der Waals surface area (Å²) in [7, 11) is 0. The molecule has 0 spiro atoms. The van der Waals surface area contributed by atoms with Crippen LogP contribution in [0.5, 0.6) is 5.75 Å². The summed E-state index contributed by atoms with van der Waals surface area (Å²) in [5.41, 5.74) is 6.07. The Balaban J connectivity index is 2.01. The summed E-state index contributed by atoms with van der Waals surface area (Å²) in [5, 5.41) is 16.6. The summed E-state index contributed by atoms with van der Waals surface area (Å²) in [5.74, 6) is 1.08. The summed E-state index contributed by atoms with van der Waals surface area (Å²) in [6.45, 7) is 5.86. The van der Waals surface area contributed by atoms with E-state index in [0.29, 0.717) is 29.1 Å². The van der Waals surface area contributed by atoms with Crippen LogP contribution in [0.4, 0.5) is 10.3 Å². The molecule has 4 N–H and O–H groups in total. The summed E-state index contributed by atoms with van der Waals surface area (Å²) in [6.07, 6.45) is -0.359. The van der Waals surface area contributed by atoms with Crippen molar-refractivity contribution in [1.29, 1.82) is 0 Å². The molecule has 0 saturated heterocycles. The van der Waals surface area contributed by atoms with Gasteiger partial charge in [0.05, 0.1) is 6.33 Å². The summed E-state index contributed by atoms with van der Waals surface area (Å²) < 4.78 is 23.1. The number of benzene rings is 1. The summed E-state index contributed by atoms with van der Waals surface area (Å²) in [4.78, 5) is 4.20. The number of hydrogen-bond acceptors (Lipinski definition) is 7. The van der Waals surface area contributed by atoms with E-state index in [1.54, 1.807) is 24.3 Å². The number of hydrogen-bond donors (Lipinski definition) is 3. The molecule has 0 saturated carbocycles. The van der Waals surface area contributed by atoms with Gasteiger partial charge < -0.3 is 25.4 Å². The number of nitrogens with two attached hydrogens (primary N) is 1. The van der Waals surface area contributed by atoms with E-state index in [1.165, 1.54) is 0 Å². The topological polar surface area (TPSA) is 106 Å². The zero-order valence-corrected chi connectivity index (χ0v) is 14.5. The number of aromatic nitrogens is 2. The van der Waals surface area contributed by atoms with Crippen molar-refractivity contribution < 1.29 is 18.8 Å². The fraction of sp³-hybridized carbons (Fsp3) is 0.412. The van der Waals surface area contributed by atoms with Crippen LogP contribution in [0.3, 0.4) is 0 Å². The third kappa shape index (κ3) is 5.27. The molecule has 0 radical (unpaired) electrons. The van der Waals surface area contributed by atoms with Crippen molar-refractivity contribution in [3.05, 3.63) is 36.2 Å². The molecule has 136 valence electrons. The van der Waals surface area contributed by atoms with Crippen LogP contribution in [0, 0.1) is 5.41 Å². The van der Waals surface area contributed by atoms with Crippen LogP contribution in [0.15, 0.2) is 40.7 Å². The zero-order valence-electron chi connectivity index (χ0n) is 14.5. The van der Waals surface area contributed by atoms with Crippen LogP contribution in [0.25, 0.3) is 11.5 Å². The molecule has 2 rings (SSSR count). The second kappa shape index (κ2) is 8.09. The molecule has 0 aliphatic rings. The highest BCUT2D eigenvalue weighted by Gasteiger charge is 2.23. The van der Waals surface area contributed by atoms with E-state index in [0.717, 1.165) is 0 Å². The first kappa shape index (κ1) is 18.9. The Bertz CT molecular complexity index is 707. The van der Waals surface area contributed by atoms with E-state index in [2.05, 4.69) is 15.5 Å². The molecule has 1 aromatic heterocycles. The highest BCUT2D eigenvalue weighted by molar-refractivity contribution is 5.55. The van der Waals surface area contributed by atoms with Gasteiger partial charge in [0.2, 0.25) is 0 Å².